The lowest BCUT2D eigenvalue weighted by Crippen LogP contribution is -2.41. The van der Waals surface area contributed by atoms with E-state index in [2.05, 4.69) is 4.98 Å². The van der Waals surface area contributed by atoms with Gasteiger partial charge in [0.25, 0.3) is 5.91 Å². The predicted octanol–water partition coefficient (Wildman–Crippen LogP) is 2.80. The summed E-state index contributed by atoms with van der Waals surface area (Å²) in [5.41, 5.74) is 1.49. The Kier molecular flexibility index (Phi) is 5.38. The number of ether oxygens (including phenoxy) is 1. The molecule has 0 saturated carbocycles. The molecule has 0 bridgehead atoms. The van der Waals surface area contributed by atoms with Gasteiger partial charge in [-0.25, -0.2) is 4.98 Å². The summed E-state index contributed by atoms with van der Waals surface area (Å²) >= 11 is 5.99. The number of pyridine rings is 1. The molecule has 1 aliphatic rings. The summed E-state index contributed by atoms with van der Waals surface area (Å²) < 4.78 is 5.20. The minimum Gasteiger partial charge on any atom is -0.384 e. The molecule has 0 spiro atoms. The van der Waals surface area contributed by atoms with E-state index in [1.807, 2.05) is 17.9 Å². The molecule has 1 aromatic heterocycles. The lowest BCUT2D eigenvalue weighted by molar-refractivity contribution is 0.0570. The van der Waals surface area contributed by atoms with Gasteiger partial charge in [-0.05, 0) is 37.3 Å². The van der Waals surface area contributed by atoms with Gasteiger partial charge in [0.05, 0.1) is 6.61 Å². The van der Waals surface area contributed by atoms with Gasteiger partial charge in [-0.1, -0.05) is 18.5 Å². The molecule has 1 aromatic rings. The second kappa shape index (κ2) is 7.04. The Bertz CT molecular complexity index is 477. The Hall–Kier alpha value is -1.13. The summed E-state index contributed by atoms with van der Waals surface area (Å²) in [6.45, 7) is 4.28. The number of aromatic nitrogens is 1. The Morgan fingerprint density at radius 1 is 1.55 bits per heavy atom. The number of hydrogen-bond acceptors (Lipinski definition) is 3. The van der Waals surface area contributed by atoms with E-state index in [0.717, 1.165) is 38.0 Å². The first-order valence-electron chi connectivity index (χ1n) is 7.08. The zero-order valence-electron chi connectivity index (χ0n) is 12.1. The van der Waals surface area contributed by atoms with Crippen LogP contribution in [0.2, 0.25) is 5.15 Å². The molecule has 1 saturated heterocycles. The van der Waals surface area contributed by atoms with Gasteiger partial charge < -0.3 is 9.64 Å². The third-order valence-electron chi connectivity index (χ3n) is 3.66. The minimum atomic E-state index is 0.0461. The Labute approximate surface area is 125 Å². The molecule has 20 heavy (non-hydrogen) atoms. The van der Waals surface area contributed by atoms with Gasteiger partial charge in [0.15, 0.2) is 0 Å². The zero-order chi connectivity index (χ0) is 14.5. The molecule has 2 rings (SSSR count). The molecule has 0 aliphatic carbocycles. The van der Waals surface area contributed by atoms with E-state index in [4.69, 9.17) is 16.3 Å². The van der Waals surface area contributed by atoms with E-state index in [-0.39, 0.29) is 5.91 Å². The first-order chi connectivity index (χ1) is 9.63. The molecule has 0 aromatic carbocycles. The minimum absolute atomic E-state index is 0.0461. The van der Waals surface area contributed by atoms with Gasteiger partial charge in [0.1, 0.15) is 5.15 Å². The maximum Gasteiger partial charge on any atom is 0.254 e. The zero-order valence-corrected chi connectivity index (χ0v) is 12.8. The molecule has 1 fully saturated rings. The molecule has 4 nitrogen and oxygen atoms in total. The monoisotopic (exact) mass is 296 g/mol. The number of methoxy groups -OCH3 is 1. The highest BCUT2D eigenvalue weighted by atomic mass is 35.5. The summed E-state index contributed by atoms with van der Waals surface area (Å²) in [7, 11) is 1.71. The van der Waals surface area contributed by atoms with Gasteiger partial charge in [-0.3, -0.25) is 4.79 Å². The molecule has 110 valence electrons. The van der Waals surface area contributed by atoms with Crippen LogP contribution in [-0.4, -0.2) is 42.6 Å². The van der Waals surface area contributed by atoms with E-state index >= 15 is 0 Å². The Balaban J connectivity index is 2.12. The molecule has 5 heteroatoms. The van der Waals surface area contributed by atoms with E-state index in [1.165, 1.54) is 0 Å². The third-order valence-corrected chi connectivity index (χ3v) is 3.86. The highest BCUT2D eigenvalue weighted by Gasteiger charge is 2.24. The molecule has 1 amide bonds. The molecule has 2 heterocycles. The first-order valence-corrected chi connectivity index (χ1v) is 7.46. The number of rotatable bonds is 4. The van der Waals surface area contributed by atoms with Gasteiger partial charge in [0, 0.05) is 31.5 Å². The Morgan fingerprint density at radius 3 is 3.05 bits per heavy atom. The van der Waals surface area contributed by atoms with E-state index in [0.29, 0.717) is 23.2 Å². The van der Waals surface area contributed by atoms with Crippen molar-refractivity contribution in [1.82, 2.24) is 9.88 Å². The van der Waals surface area contributed by atoms with Crippen molar-refractivity contribution in [1.29, 1.82) is 0 Å². The van der Waals surface area contributed by atoms with Gasteiger partial charge >= 0.3 is 0 Å². The summed E-state index contributed by atoms with van der Waals surface area (Å²) in [6.07, 6.45) is 2.92. The van der Waals surface area contributed by atoms with Crippen molar-refractivity contribution in [3.05, 3.63) is 28.5 Å². The summed E-state index contributed by atoms with van der Waals surface area (Å²) in [5, 5.41) is 0.387. The van der Waals surface area contributed by atoms with Gasteiger partial charge in [-0.2, -0.15) is 0 Å². The fourth-order valence-corrected chi connectivity index (χ4v) is 2.89. The SMILES string of the molecule is CCc1cc(C(=O)N2CCCC(COC)C2)cc(Cl)n1. The second-order valence-corrected chi connectivity index (χ2v) is 5.63. The largest absolute Gasteiger partial charge is 0.384 e. The topological polar surface area (TPSA) is 42.4 Å². The van der Waals surface area contributed by atoms with E-state index in [1.54, 1.807) is 13.2 Å². The first kappa shape index (κ1) is 15.3. The third kappa shape index (κ3) is 3.70. The van der Waals surface area contributed by atoms with Crippen LogP contribution in [-0.2, 0) is 11.2 Å². The van der Waals surface area contributed by atoms with Crippen LogP contribution >= 0.6 is 11.6 Å². The lowest BCUT2D eigenvalue weighted by atomic mass is 9.98. The van der Waals surface area contributed by atoms with Crippen molar-refractivity contribution in [2.24, 2.45) is 5.92 Å². The summed E-state index contributed by atoms with van der Waals surface area (Å²) in [4.78, 5) is 18.7. The molecular formula is C15H21ClN2O2. The van der Waals surface area contributed by atoms with E-state index < -0.39 is 0 Å². The summed E-state index contributed by atoms with van der Waals surface area (Å²) in [5.74, 6) is 0.477. The number of carbonyl (C=O) groups excluding carboxylic acids is 1. The average Bonchev–Trinajstić information content (AvgIpc) is 2.46. The van der Waals surface area contributed by atoms with Crippen molar-refractivity contribution < 1.29 is 9.53 Å². The number of amides is 1. The highest BCUT2D eigenvalue weighted by molar-refractivity contribution is 6.29. The quantitative estimate of drug-likeness (QED) is 0.802. The highest BCUT2D eigenvalue weighted by Crippen LogP contribution is 2.20. The van der Waals surface area contributed by atoms with E-state index in [9.17, 15) is 4.79 Å². The number of nitrogens with zero attached hydrogens (tertiary/aromatic N) is 2. The lowest BCUT2D eigenvalue weighted by Gasteiger charge is -2.32. The number of likely N-dealkylation sites (tertiary alicyclic amines) is 1. The molecule has 0 N–H and O–H groups in total. The van der Waals surface area contributed by atoms with Gasteiger partial charge in [-0.15, -0.1) is 0 Å². The predicted molar refractivity (Wildman–Crippen MR) is 79.1 cm³/mol. The maximum atomic E-state index is 12.6. The number of carbonyl (C=O) groups is 1. The van der Waals surface area contributed by atoms with Crippen molar-refractivity contribution in [2.45, 2.75) is 26.2 Å². The van der Waals surface area contributed by atoms with Crippen molar-refractivity contribution in [3.8, 4) is 0 Å². The summed E-state index contributed by atoms with van der Waals surface area (Å²) in [6, 6.07) is 3.50. The van der Waals surface area contributed by atoms with Crippen LogP contribution in [0.25, 0.3) is 0 Å². The Morgan fingerprint density at radius 2 is 2.35 bits per heavy atom. The van der Waals surface area contributed by atoms with Crippen molar-refractivity contribution in [3.63, 3.8) is 0 Å². The number of halogens is 1. The average molecular weight is 297 g/mol. The maximum absolute atomic E-state index is 12.6. The smallest absolute Gasteiger partial charge is 0.254 e. The fraction of sp³-hybridized carbons (Fsp3) is 0.600. The van der Waals surface area contributed by atoms with Crippen molar-refractivity contribution >= 4 is 17.5 Å². The van der Waals surface area contributed by atoms with Crippen LogP contribution < -0.4 is 0 Å². The molecule has 0 radical (unpaired) electrons. The van der Waals surface area contributed by atoms with Crippen LogP contribution in [0.1, 0.15) is 35.8 Å². The van der Waals surface area contributed by atoms with Crippen LogP contribution in [0.15, 0.2) is 12.1 Å². The number of aryl methyl sites for hydroxylation is 1. The number of hydrogen-bond donors (Lipinski definition) is 0. The normalized spacial score (nSPS) is 19.1. The molecular weight excluding hydrogens is 276 g/mol. The molecule has 1 unspecified atom stereocenters. The van der Waals surface area contributed by atoms with Crippen LogP contribution in [0.4, 0.5) is 0 Å². The second-order valence-electron chi connectivity index (χ2n) is 5.24. The standard InChI is InChI=1S/C15H21ClN2O2/c1-3-13-7-12(8-14(16)17-13)15(19)18-6-4-5-11(9-18)10-20-2/h7-8,11H,3-6,9-10H2,1-2H3. The van der Waals surface area contributed by atoms with Gasteiger partial charge in [0.2, 0.25) is 0 Å². The van der Waals surface area contributed by atoms with Crippen LogP contribution in [0.5, 0.6) is 0 Å². The van der Waals surface area contributed by atoms with Crippen LogP contribution in [0.3, 0.4) is 0 Å². The van der Waals surface area contributed by atoms with Crippen LogP contribution in [0, 0.1) is 5.92 Å². The number of piperidine rings is 1. The van der Waals surface area contributed by atoms with Crippen molar-refractivity contribution in [2.75, 3.05) is 26.8 Å². The fourth-order valence-electron chi connectivity index (χ4n) is 2.66. The molecule has 1 atom stereocenters. The molecule has 1 aliphatic heterocycles.